The number of hydrogen-bond donors (Lipinski definition) is 0. The molecule has 0 unspecified atom stereocenters. The summed E-state index contributed by atoms with van der Waals surface area (Å²) in [6.45, 7) is 1.90. The summed E-state index contributed by atoms with van der Waals surface area (Å²) in [6, 6.07) is 0. The zero-order chi connectivity index (χ0) is 6.62. The summed E-state index contributed by atoms with van der Waals surface area (Å²) in [5.74, 6) is 0. The van der Waals surface area contributed by atoms with Gasteiger partial charge in [-0.3, -0.25) is 0 Å². The molecule has 0 aromatic carbocycles. The molecule has 8 heavy (non-hydrogen) atoms. The van der Waals surface area contributed by atoms with Gasteiger partial charge in [0.15, 0.2) is 3.36 Å². The summed E-state index contributed by atoms with van der Waals surface area (Å²) in [6.07, 6.45) is 0.719. The number of azide groups is 1. The van der Waals surface area contributed by atoms with Crippen LogP contribution in [0.15, 0.2) is 5.11 Å². The fourth-order valence-corrected chi connectivity index (χ4v) is 0.278. The summed E-state index contributed by atoms with van der Waals surface area (Å²) in [5, 5.41) is 3.39. The van der Waals surface area contributed by atoms with Crippen molar-refractivity contribution in [3.8, 4) is 0 Å². The van der Waals surface area contributed by atoms with Crippen molar-refractivity contribution in [3.05, 3.63) is 10.4 Å². The van der Waals surface area contributed by atoms with E-state index in [-0.39, 0.29) is 0 Å². The third-order valence-corrected chi connectivity index (χ3v) is 2.06. The van der Waals surface area contributed by atoms with Crippen molar-refractivity contribution in [2.45, 2.75) is 16.7 Å². The predicted octanol–water partition coefficient (Wildman–Crippen LogP) is 3.15. The third kappa shape index (κ3) is 3.29. The zero-order valence-electron chi connectivity index (χ0n) is 4.30. The quantitative estimate of drug-likeness (QED) is 0.235. The number of rotatable bonds is 2. The molecule has 0 rings (SSSR count). The summed E-state index contributed by atoms with van der Waals surface area (Å²) in [5.41, 5.74) is 7.93. The van der Waals surface area contributed by atoms with E-state index < -0.39 is 3.36 Å². The Morgan fingerprint density at radius 2 is 2.25 bits per heavy atom. The highest BCUT2D eigenvalue weighted by molar-refractivity contribution is 9.25. The highest BCUT2D eigenvalue weighted by Crippen LogP contribution is 2.31. The lowest BCUT2D eigenvalue weighted by molar-refractivity contribution is 0.831. The molecule has 0 heterocycles. The average molecular weight is 243 g/mol. The SMILES string of the molecule is CCC(Br)(Br)N=[N+]=[N-]. The molecular weight excluding hydrogens is 238 g/mol. The Morgan fingerprint density at radius 3 is 2.38 bits per heavy atom. The van der Waals surface area contributed by atoms with E-state index in [0.717, 1.165) is 6.42 Å². The number of alkyl halides is 2. The van der Waals surface area contributed by atoms with Crippen LogP contribution in [0.5, 0.6) is 0 Å². The van der Waals surface area contributed by atoms with Crippen LogP contribution in [0.3, 0.4) is 0 Å². The Bertz CT molecular complexity index is 116. The molecule has 0 bridgehead atoms. The fraction of sp³-hybridized carbons (Fsp3) is 1.00. The van der Waals surface area contributed by atoms with Crippen LogP contribution < -0.4 is 0 Å². The van der Waals surface area contributed by atoms with Crippen LogP contribution in [-0.4, -0.2) is 3.36 Å². The Kier molecular flexibility index (Phi) is 3.44. The Balaban J connectivity index is 3.90. The topological polar surface area (TPSA) is 48.8 Å². The maximum atomic E-state index is 7.93. The molecule has 0 aliphatic carbocycles. The highest BCUT2D eigenvalue weighted by Gasteiger charge is 2.15. The monoisotopic (exact) mass is 241 g/mol. The van der Waals surface area contributed by atoms with Crippen LogP contribution in [0, 0.1) is 0 Å². The molecule has 0 saturated carbocycles. The molecule has 3 nitrogen and oxygen atoms in total. The van der Waals surface area contributed by atoms with E-state index in [1.54, 1.807) is 0 Å². The molecule has 0 N–H and O–H groups in total. The van der Waals surface area contributed by atoms with Crippen molar-refractivity contribution in [1.29, 1.82) is 0 Å². The summed E-state index contributed by atoms with van der Waals surface area (Å²) < 4.78 is -0.575. The van der Waals surface area contributed by atoms with E-state index in [2.05, 4.69) is 41.9 Å². The Hall–Kier alpha value is 0.270. The van der Waals surface area contributed by atoms with E-state index in [0.29, 0.717) is 0 Å². The van der Waals surface area contributed by atoms with Gasteiger partial charge in [0.2, 0.25) is 0 Å². The average Bonchev–Trinajstić information content (AvgIpc) is 1.67. The first-order valence-electron chi connectivity index (χ1n) is 2.06. The van der Waals surface area contributed by atoms with Gasteiger partial charge in [-0.1, -0.05) is 43.9 Å². The van der Waals surface area contributed by atoms with Gasteiger partial charge in [0.05, 0.1) is 0 Å². The minimum absolute atomic E-state index is 0.575. The van der Waals surface area contributed by atoms with Gasteiger partial charge in [0.25, 0.3) is 0 Å². The van der Waals surface area contributed by atoms with Crippen LogP contribution in [0.4, 0.5) is 0 Å². The van der Waals surface area contributed by atoms with Crippen molar-refractivity contribution in [1.82, 2.24) is 0 Å². The van der Waals surface area contributed by atoms with Gasteiger partial charge in [-0.05, 0) is 12.0 Å². The van der Waals surface area contributed by atoms with E-state index in [1.165, 1.54) is 0 Å². The molecule has 0 aromatic rings. The van der Waals surface area contributed by atoms with E-state index >= 15 is 0 Å². The van der Waals surface area contributed by atoms with Gasteiger partial charge in [-0.15, -0.1) is 0 Å². The second-order valence-electron chi connectivity index (χ2n) is 1.21. The molecule has 0 aliphatic heterocycles. The second kappa shape index (κ2) is 3.33. The summed E-state index contributed by atoms with van der Waals surface area (Å²) in [7, 11) is 0. The first kappa shape index (κ1) is 8.27. The molecule has 46 valence electrons. The van der Waals surface area contributed by atoms with Gasteiger partial charge in [-0.25, -0.2) is 0 Å². The van der Waals surface area contributed by atoms with E-state index in [1.807, 2.05) is 6.92 Å². The maximum absolute atomic E-state index is 7.93. The predicted molar refractivity (Wildman–Crippen MR) is 40.0 cm³/mol. The van der Waals surface area contributed by atoms with Gasteiger partial charge < -0.3 is 0 Å². The van der Waals surface area contributed by atoms with Gasteiger partial charge in [0.1, 0.15) is 0 Å². The van der Waals surface area contributed by atoms with Crippen LogP contribution in [0.2, 0.25) is 0 Å². The third-order valence-electron chi connectivity index (χ3n) is 0.616. The Morgan fingerprint density at radius 1 is 1.75 bits per heavy atom. The standard InChI is InChI=1S/C3H5Br2N3/c1-2-3(4,5)7-8-6/h2H2,1H3. The molecule has 0 aliphatic rings. The van der Waals surface area contributed by atoms with Crippen LogP contribution in [-0.2, 0) is 0 Å². The molecule has 0 saturated heterocycles. The lowest BCUT2D eigenvalue weighted by Crippen LogP contribution is -2.01. The molecule has 0 aromatic heterocycles. The lowest BCUT2D eigenvalue weighted by Gasteiger charge is -2.07. The minimum atomic E-state index is -0.575. The van der Waals surface area contributed by atoms with Gasteiger partial charge in [-0.2, -0.15) is 0 Å². The highest BCUT2D eigenvalue weighted by atomic mass is 79.9. The molecule has 0 amide bonds. The fourth-order valence-electron chi connectivity index (χ4n) is 0.136. The van der Waals surface area contributed by atoms with E-state index in [4.69, 9.17) is 5.53 Å². The first-order valence-corrected chi connectivity index (χ1v) is 3.65. The second-order valence-corrected chi connectivity index (χ2v) is 4.90. The van der Waals surface area contributed by atoms with Crippen LogP contribution in [0.1, 0.15) is 13.3 Å². The Labute approximate surface area is 64.3 Å². The molecule has 0 atom stereocenters. The van der Waals surface area contributed by atoms with E-state index in [9.17, 15) is 0 Å². The first-order chi connectivity index (χ1) is 3.62. The molecule has 0 radical (unpaired) electrons. The van der Waals surface area contributed by atoms with Crippen molar-refractivity contribution in [3.63, 3.8) is 0 Å². The van der Waals surface area contributed by atoms with Crippen molar-refractivity contribution < 1.29 is 0 Å². The van der Waals surface area contributed by atoms with Crippen molar-refractivity contribution in [2.75, 3.05) is 0 Å². The van der Waals surface area contributed by atoms with Crippen molar-refractivity contribution >= 4 is 31.9 Å². The smallest absolute Gasteiger partial charge is 0.0665 e. The van der Waals surface area contributed by atoms with Gasteiger partial charge >= 0.3 is 0 Å². The normalized spacial score (nSPS) is 10.4. The minimum Gasteiger partial charge on any atom is -0.0665 e. The maximum Gasteiger partial charge on any atom is 0.158 e. The lowest BCUT2D eigenvalue weighted by atomic mass is 10.5. The molecule has 0 spiro atoms. The molecule has 5 heteroatoms. The number of nitrogens with zero attached hydrogens (tertiary/aromatic N) is 3. The number of hydrogen-bond acceptors (Lipinski definition) is 1. The van der Waals surface area contributed by atoms with Crippen molar-refractivity contribution in [2.24, 2.45) is 5.11 Å². The summed E-state index contributed by atoms with van der Waals surface area (Å²) in [4.78, 5) is 2.61. The molecule has 0 fully saturated rings. The molecular formula is C3H5Br2N3. The van der Waals surface area contributed by atoms with Crippen LogP contribution >= 0.6 is 31.9 Å². The summed E-state index contributed by atoms with van der Waals surface area (Å²) >= 11 is 6.27. The number of halogens is 2. The largest absolute Gasteiger partial charge is 0.158 e. The zero-order valence-corrected chi connectivity index (χ0v) is 7.48. The van der Waals surface area contributed by atoms with Crippen LogP contribution in [0.25, 0.3) is 10.4 Å². The van der Waals surface area contributed by atoms with Gasteiger partial charge in [0, 0.05) is 4.91 Å².